The topological polar surface area (TPSA) is 15.3 Å². The Morgan fingerprint density at radius 2 is 2.00 bits per heavy atom. The maximum atomic E-state index is 12.0. The fourth-order valence-electron chi connectivity index (χ4n) is 1.49. The van der Waals surface area contributed by atoms with Crippen LogP contribution in [0.1, 0.15) is 33.1 Å². The third-order valence-electron chi connectivity index (χ3n) is 2.37. The SMILES string of the molecule is CCCNC(C)CCCN(C)CC(F)F. The van der Waals surface area contributed by atoms with Gasteiger partial charge in [0.2, 0.25) is 0 Å². The van der Waals surface area contributed by atoms with E-state index >= 15 is 0 Å². The molecule has 0 aromatic carbocycles. The van der Waals surface area contributed by atoms with E-state index in [1.807, 2.05) is 0 Å². The van der Waals surface area contributed by atoms with E-state index in [1.54, 1.807) is 11.9 Å². The molecule has 0 aliphatic carbocycles. The van der Waals surface area contributed by atoms with E-state index in [1.165, 1.54) is 0 Å². The summed E-state index contributed by atoms with van der Waals surface area (Å²) in [6.45, 7) is 5.95. The third-order valence-corrected chi connectivity index (χ3v) is 2.37. The molecule has 0 heterocycles. The average Bonchev–Trinajstić information content (AvgIpc) is 2.13. The molecule has 0 saturated carbocycles. The van der Waals surface area contributed by atoms with Crippen molar-refractivity contribution in [1.82, 2.24) is 10.2 Å². The molecule has 92 valence electrons. The number of nitrogens with one attached hydrogen (secondary N) is 1. The third kappa shape index (κ3) is 10.1. The maximum absolute atomic E-state index is 12.0. The summed E-state index contributed by atoms with van der Waals surface area (Å²) >= 11 is 0. The van der Waals surface area contributed by atoms with E-state index in [0.29, 0.717) is 6.04 Å². The minimum absolute atomic E-state index is 0.114. The largest absolute Gasteiger partial charge is 0.314 e. The molecule has 0 amide bonds. The number of nitrogens with zero attached hydrogens (tertiary/aromatic N) is 1. The van der Waals surface area contributed by atoms with E-state index in [4.69, 9.17) is 0 Å². The first-order chi connectivity index (χ1) is 7.06. The highest BCUT2D eigenvalue weighted by molar-refractivity contribution is 4.62. The van der Waals surface area contributed by atoms with Crippen LogP contribution in [0.15, 0.2) is 0 Å². The van der Waals surface area contributed by atoms with Crippen molar-refractivity contribution in [2.24, 2.45) is 0 Å². The van der Waals surface area contributed by atoms with E-state index in [2.05, 4.69) is 19.2 Å². The minimum atomic E-state index is -2.22. The van der Waals surface area contributed by atoms with Gasteiger partial charge in [-0.15, -0.1) is 0 Å². The molecule has 4 heteroatoms. The van der Waals surface area contributed by atoms with Crippen molar-refractivity contribution in [3.8, 4) is 0 Å². The number of hydrogen-bond acceptors (Lipinski definition) is 2. The Hall–Kier alpha value is -0.220. The van der Waals surface area contributed by atoms with E-state index in [9.17, 15) is 8.78 Å². The van der Waals surface area contributed by atoms with Crippen molar-refractivity contribution in [3.63, 3.8) is 0 Å². The fourth-order valence-corrected chi connectivity index (χ4v) is 1.49. The lowest BCUT2D eigenvalue weighted by Gasteiger charge is -2.18. The quantitative estimate of drug-likeness (QED) is 0.644. The van der Waals surface area contributed by atoms with Crippen LogP contribution < -0.4 is 5.32 Å². The van der Waals surface area contributed by atoms with Gasteiger partial charge in [0.15, 0.2) is 0 Å². The summed E-state index contributed by atoms with van der Waals surface area (Å²) in [5, 5.41) is 3.38. The van der Waals surface area contributed by atoms with Gasteiger partial charge >= 0.3 is 0 Å². The summed E-state index contributed by atoms with van der Waals surface area (Å²) in [7, 11) is 1.75. The zero-order valence-corrected chi connectivity index (χ0v) is 10.1. The van der Waals surface area contributed by atoms with Crippen LogP contribution in [-0.4, -0.2) is 44.0 Å². The molecule has 0 aromatic heterocycles. The highest BCUT2D eigenvalue weighted by Crippen LogP contribution is 2.01. The predicted octanol–water partition coefficient (Wildman–Crippen LogP) is 2.35. The summed E-state index contributed by atoms with van der Waals surface area (Å²) < 4.78 is 24.0. The van der Waals surface area contributed by atoms with Crippen molar-refractivity contribution in [1.29, 1.82) is 0 Å². The lowest BCUT2D eigenvalue weighted by atomic mass is 10.2. The van der Waals surface area contributed by atoms with Gasteiger partial charge in [-0.3, -0.25) is 0 Å². The molecule has 0 rings (SSSR count). The number of halogens is 2. The highest BCUT2D eigenvalue weighted by atomic mass is 19.3. The van der Waals surface area contributed by atoms with Gasteiger partial charge in [0.25, 0.3) is 6.43 Å². The normalized spacial score (nSPS) is 13.8. The Labute approximate surface area is 92.0 Å². The molecule has 0 fully saturated rings. The molecule has 0 aliphatic rings. The van der Waals surface area contributed by atoms with Gasteiger partial charge in [-0.05, 0) is 46.3 Å². The molecular weight excluding hydrogens is 198 g/mol. The monoisotopic (exact) mass is 222 g/mol. The molecular formula is C11H24F2N2. The zero-order valence-electron chi connectivity index (χ0n) is 10.1. The maximum Gasteiger partial charge on any atom is 0.251 e. The van der Waals surface area contributed by atoms with Crippen LogP contribution in [0.3, 0.4) is 0 Å². The van der Waals surface area contributed by atoms with Crippen molar-refractivity contribution < 1.29 is 8.78 Å². The Morgan fingerprint density at radius 1 is 1.33 bits per heavy atom. The zero-order chi connectivity index (χ0) is 11.7. The molecule has 1 N–H and O–H groups in total. The molecule has 0 radical (unpaired) electrons. The Kier molecular flexibility index (Phi) is 8.91. The van der Waals surface area contributed by atoms with Gasteiger partial charge in [0.05, 0.1) is 6.54 Å². The van der Waals surface area contributed by atoms with Crippen molar-refractivity contribution >= 4 is 0 Å². The number of rotatable bonds is 9. The highest BCUT2D eigenvalue weighted by Gasteiger charge is 2.07. The molecule has 0 spiro atoms. The molecule has 0 bridgehead atoms. The summed E-state index contributed by atoms with van der Waals surface area (Å²) in [6, 6.07) is 0.491. The molecule has 1 atom stereocenters. The van der Waals surface area contributed by atoms with Crippen LogP contribution in [0.5, 0.6) is 0 Å². The number of alkyl halides is 2. The van der Waals surface area contributed by atoms with E-state index < -0.39 is 6.43 Å². The van der Waals surface area contributed by atoms with Crippen molar-refractivity contribution in [3.05, 3.63) is 0 Å². The van der Waals surface area contributed by atoms with Gasteiger partial charge in [-0.1, -0.05) is 6.92 Å². The first kappa shape index (κ1) is 14.8. The van der Waals surface area contributed by atoms with Crippen LogP contribution in [-0.2, 0) is 0 Å². The van der Waals surface area contributed by atoms with Gasteiger partial charge in [0.1, 0.15) is 0 Å². The molecule has 1 unspecified atom stereocenters. The summed E-state index contributed by atoms with van der Waals surface area (Å²) in [5.41, 5.74) is 0. The lowest BCUT2D eigenvalue weighted by Crippen LogP contribution is -2.29. The van der Waals surface area contributed by atoms with Crippen molar-refractivity contribution in [2.75, 3.05) is 26.7 Å². The second-order valence-electron chi connectivity index (χ2n) is 4.15. The standard InChI is InChI=1S/C11H24F2N2/c1-4-7-14-10(2)6-5-8-15(3)9-11(12)13/h10-11,14H,4-9H2,1-3H3. The Bertz CT molecular complexity index is 143. The minimum Gasteiger partial charge on any atom is -0.314 e. The Morgan fingerprint density at radius 3 is 2.53 bits per heavy atom. The molecule has 2 nitrogen and oxygen atoms in total. The van der Waals surface area contributed by atoms with Gasteiger partial charge in [-0.2, -0.15) is 0 Å². The van der Waals surface area contributed by atoms with E-state index in [-0.39, 0.29) is 6.54 Å². The summed E-state index contributed by atoms with van der Waals surface area (Å²) in [6.07, 6.45) is 0.940. The molecule has 0 aromatic rings. The lowest BCUT2D eigenvalue weighted by molar-refractivity contribution is 0.0993. The van der Waals surface area contributed by atoms with Crippen LogP contribution in [0.2, 0.25) is 0 Å². The first-order valence-corrected chi connectivity index (χ1v) is 5.76. The van der Waals surface area contributed by atoms with Crippen LogP contribution in [0.25, 0.3) is 0 Å². The van der Waals surface area contributed by atoms with Crippen LogP contribution in [0.4, 0.5) is 8.78 Å². The Balaban J connectivity index is 3.35. The predicted molar refractivity (Wildman–Crippen MR) is 60.5 cm³/mol. The summed E-state index contributed by atoms with van der Waals surface area (Å²) in [4.78, 5) is 1.69. The summed E-state index contributed by atoms with van der Waals surface area (Å²) in [5.74, 6) is 0. The van der Waals surface area contributed by atoms with Gasteiger partial charge in [0, 0.05) is 6.04 Å². The average molecular weight is 222 g/mol. The first-order valence-electron chi connectivity index (χ1n) is 5.76. The van der Waals surface area contributed by atoms with Gasteiger partial charge in [-0.25, -0.2) is 8.78 Å². The van der Waals surface area contributed by atoms with Crippen molar-refractivity contribution in [2.45, 2.75) is 45.6 Å². The smallest absolute Gasteiger partial charge is 0.251 e. The second-order valence-corrected chi connectivity index (χ2v) is 4.15. The van der Waals surface area contributed by atoms with E-state index in [0.717, 1.165) is 32.4 Å². The molecule has 0 saturated heterocycles. The van der Waals surface area contributed by atoms with Crippen LogP contribution >= 0.6 is 0 Å². The fraction of sp³-hybridized carbons (Fsp3) is 1.00. The molecule has 15 heavy (non-hydrogen) atoms. The molecule has 0 aliphatic heterocycles. The van der Waals surface area contributed by atoms with Gasteiger partial charge < -0.3 is 10.2 Å². The van der Waals surface area contributed by atoms with Crippen LogP contribution in [0, 0.1) is 0 Å². The number of hydrogen-bond donors (Lipinski definition) is 1. The second kappa shape index (κ2) is 9.04.